The molecule has 2 fully saturated rings. The van der Waals surface area contributed by atoms with Gasteiger partial charge in [0.2, 0.25) is 5.91 Å². The molecule has 100 valence electrons. The molecule has 1 aromatic carbocycles. The number of carbonyl (C=O) groups excluding carboxylic acids is 2. The fourth-order valence-corrected chi connectivity index (χ4v) is 3.08. The molecule has 0 radical (unpaired) electrons. The lowest BCUT2D eigenvalue weighted by molar-refractivity contribution is -0.125. The first-order valence-corrected chi connectivity index (χ1v) is 6.40. The molecule has 0 spiro atoms. The van der Waals surface area contributed by atoms with Gasteiger partial charge in [0.1, 0.15) is 5.60 Å². The zero-order chi connectivity index (χ0) is 13.6. The van der Waals surface area contributed by atoms with Crippen LogP contribution in [-0.2, 0) is 10.4 Å². The lowest BCUT2D eigenvalue weighted by Crippen LogP contribution is -2.41. The molecule has 3 amide bonds. The third kappa shape index (κ3) is 1.65. The predicted octanol–water partition coefficient (Wildman–Crippen LogP) is 0.931. The van der Waals surface area contributed by atoms with E-state index in [4.69, 9.17) is 0 Å². The van der Waals surface area contributed by atoms with Crippen LogP contribution in [0.1, 0.15) is 18.9 Å². The molecule has 1 N–H and O–H groups in total. The summed E-state index contributed by atoms with van der Waals surface area (Å²) in [7, 11) is 0. The lowest BCUT2D eigenvalue weighted by Gasteiger charge is -2.29. The summed E-state index contributed by atoms with van der Waals surface area (Å²) in [6, 6.07) is 8.73. The minimum atomic E-state index is -1.05. The Labute approximate surface area is 111 Å². The predicted molar refractivity (Wildman–Crippen MR) is 68.2 cm³/mol. The van der Waals surface area contributed by atoms with Gasteiger partial charge in [0.15, 0.2) is 0 Å². The number of urea groups is 1. The Morgan fingerprint density at radius 3 is 2.68 bits per heavy atom. The maximum atomic E-state index is 12.1. The summed E-state index contributed by atoms with van der Waals surface area (Å²) < 4.78 is 0. The summed E-state index contributed by atoms with van der Waals surface area (Å²) in [5, 5.41) is 10.9. The topological polar surface area (TPSA) is 60.9 Å². The van der Waals surface area contributed by atoms with Crippen LogP contribution in [0.5, 0.6) is 0 Å². The van der Waals surface area contributed by atoms with E-state index in [-0.39, 0.29) is 24.5 Å². The Morgan fingerprint density at radius 2 is 2.05 bits per heavy atom. The minimum Gasteiger partial charge on any atom is -0.383 e. The first-order chi connectivity index (χ1) is 9.04. The molecule has 0 unspecified atom stereocenters. The highest BCUT2D eigenvalue weighted by atomic mass is 16.3. The van der Waals surface area contributed by atoms with Crippen LogP contribution in [0.3, 0.4) is 0 Å². The van der Waals surface area contributed by atoms with Crippen LogP contribution in [0.2, 0.25) is 0 Å². The number of hydrogen-bond donors (Lipinski definition) is 1. The van der Waals surface area contributed by atoms with Crippen LogP contribution in [0.4, 0.5) is 4.79 Å². The van der Waals surface area contributed by atoms with Crippen LogP contribution in [0.15, 0.2) is 30.3 Å². The van der Waals surface area contributed by atoms with E-state index in [0.29, 0.717) is 13.0 Å². The van der Waals surface area contributed by atoms with Crippen molar-refractivity contribution in [2.45, 2.75) is 25.0 Å². The number of hydrogen-bond acceptors (Lipinski definition) is 3. The average Bonchev–Trinajstić information content (AvgIpc) is 2.91. The SMILES string of the molecule is CC(=O)N1C[C@H]2N(CC[C@]2(O)c2ccccc2)C1=O. The third-order valence-electron chi connectivity index (χ3n) is 4.15. The molecule has 2 heterocycles. The largest absolute Gasteiger partial charge is 0.383 e. The van der Waals surface area contributed by atoms with Crippen molar-refractivity contribution in [2.75, 3.05) is 13.1 Å². The number of imide groups is 1. The molecule has 19 heavy (non-hydrogen) atoms. The first kappa shape index (κ1) is 12.2. The number of rotatable bonds is 1. The van der Waals surface area contributed by atoms with E-state index in [1.807, 2.05) is 30.3 Å². The summed E-state index contributed by atoms with van der Waals surface area (Å²) >= 11 is 0. The number of carbonyl (C=O) groups is 2. The van der Waals surface area contributed by atoms with E-state index in [1.54, 1.807) is 4.90 Å². The molecule has 2 aliphatic heterocycles. The normalized spacial score (nSPS) is 29.8. The zero-order valence-corrected chi connectivity index (χ0v) is 10.7. The quantitative estimate of drug-likeness (QED) is 0.817. The average molecular weight is 260 g/mol. The molecule has 5 heteroatoms. The Morgan fingerprint density at radius 1 is 1.37 bits per heavy atom. The van der Waals surface area contributed by atoms with Crippen LogP contribution in [0, 0.1) is 0 Å². The summed E-state index contributed by atoms with van der Waals surface area (Å²) in [5.41, 5.74) is -0.248. The highest BCUT2D eigenvalue weighted by Gasteiger charge is 2.55. The third-order valence-corrected chi connectivity index (χ3v) is 4.15. The molecule has 2 aliphatic rings. The summed E-state index contributed by atoms with van der Waals surface area (Å²) in [6.07, 6.45) is 0.513. The highest BCUT2D eigenvalue weighted by molar-refractivity contribution is 5.95. The molecule has 2 saturated heterocycles. The molecule has 0 saturated carbocycles. The van der Waals surface area contributed by atoms with E-state index in [0.717, 1.165) is 5.56 Å². The molecular weight excluding hydrogens is 244 g/mol. The Balaban J connectivity index is 1.95. The van der Waals surface area contributed by atoms with Crippen molar-refractivity contribution in [1.29, 1.82) is 0 Å². The van der Waals surface area contributed by atoms with Gasteiger partial charge in [-0.1, -0.05) is 30.3 Å². The van der Waals surface area contributed by atoms with Crippen LogP contribution in [-0.4, -0.2) is 46.0 Å². The van der Waals surface area contributed by atoms with E-state index in [9.17, 15) is 14.7 Å². The van der Waals surface area contributed by atoms with Gasteiger partial charge < -0.3 is 10.0 Å². The summed E-state index contributed by atoms with van der Waals surface area (Å²) in [5.74, 6) is -0.269. The lowest BCUT2D eigenvalue weighted by atomic mass is 9.86. The maximum Gasteiger partial charge on any atom is 0.327 e. The van der Waals surface area contributed by atoms with Gasteiger partial charge in [-0.2, -0.15) is 0 Å². The molecule has 5 nitrogen and oxygen atoms in total. The number of benzene rings is 1. The van der Waals surface area contributed by atoms with Gasteiger partial charge >= 0.3 is 6.03 Å². The fourth-order valence-electron chi connectivity index (χ4n) is 3.08. The number of amides is 3. The fraction of sp³-hybridized carbons (Fsp3) is 0.429. The highest BCUT2D eigenvalue weighted by Crippen LogP contribution is 2.41. The minimum absolute atomic E-state index is 0.263. The number of aliphatic hydroxyl groups is 1. The van der Waals surface area contributed by atoms with Crippen molar-refractivity contribution in [1.82, 2.24) is 9.80 Å². The second kappa shape index (κ2) is 4.06. The second-order valence-corrected chi connectivity index (χ2v) is 5.16. The van der Waals surface area contributed by atoms with E-state index in [2.05, 4.69) is 0 Å². The van der Waals surface area contributed by atoms with Crippen molar-refractivity contribution in [3.05, 3.63) is 35.9 Å². The van der Waals surface area contributed by atoms with Crippen LogP contribution < -0.4 is 0 Å². The summed E-state index contributed by atoms with van der Waals surface area (Å²) in [4.78, 5) is 26.3. The first-order valence-electron chi connectivity index (χ1n) is 6.40. The van der Waals surface area contributed by atoms with Crippen molar-refractivity contribution >= 4 is 11.9 Å². The zero-order valence-electron chi connectivity index (χ0n) is 10.7. The Bertz CT molecular complexity index is 531. The van der Waals surface area contributed by atoms with Gasteiger partial charge in [0.05, 0.1) is 12.6 Å². The molecule has 0 aliphatic carbocycles. The summed E-state index contributed by atoms with van der Waals surface area (Å²) in [6.45, 7) is 2.12. The molecule has 2 atom stereocenters. The van der Waals surface area contributed by atoms with Gasteiger partial charge in [-0.05, 0) is 5.56 Å². The molecule has 0 aromatic heterocycles. The number of fused-ring (bicyclic) bond motifs is 1. The molecule has 3 rings (SSSR count). The van der Waals surface area contributed by atoms with Crippen molar-refractivity contribution < 1.29 is 14.7 Å². The standard InChI is InChI=1S/C14H16N2O3/c1-10(17)16-9-12-14(19,7-8-15(12)13(16)18)11-5-3-2-4-6-11/h2-6,12,19H,7-9H2,1H3/t12-,14+/m1/s1. The van der Waals surface area contributed by atoms with Crippen LogP contribution >= 0.6 is 0 Å². The van der Waals surface area contributed by atoms with E-state index >= 15 is 0 Å². The van der Waals surface area contributed by atoms with Crippen molar-refractivity contribution in [3.8, 4) is 0 Å². The Kier molecular flexibility index (Phi) is 2.60. The van der Waals surface area contributed by atoms with Gasteiger partial charge in [-0.15, -0.1) is 0 Å². The second-order valence-electron chi connectivity index (χ2n) is 5.16. The van der Waals surface area contributed by atoms with Gasteiger partial charge in [-0.3, -0.25) is 9.69 Å². The van der Waals surface area contributed by atoms with Gasteiger partial charge in [0, 0.05) is 19.9 Å². The maximum absolute atomic E-state index is 12.1. The molecule has 1 aromatic rings. The van der Waals surface area contributed by atoms with E-state index in [1.165, 1.54) is 11.8 Å². The molecular formula is C14H16N2O3. The Hall–Kier alpha value is -1.88. The van der Waals surface area contributed by atoms with Crippen LogP contribution in [0.25, 0.3) is 0 Å². The van der Waals surface area contributed by atoms with Gasteiger partial charge in [0.25, 0.3) is 0 Å². The van der Waals surface area contributed by atoms with Crippen molar-refractivity contribution in [3.63, 3.8) is 0 Å². The monoisotopic (exact) mass is 260 g/mol. The smallest absolute Gasteiger partial charge is 0.327 e. The van der Waals surface area contributed by atoms with E-state index < -0.39 is 5.60 Å². The van der Waals surface area contributed by atoms with Gasteiger partial charge in [-0.25, -0.2) is 4.79 Å². The number of nitrogens with zero attached hydrogens (tertiary/aromatic N) is 2. The van der Waals surface area contributed by atoms with Crippen molar-refractivity contribution in [2.24, 2.45) is 0 Å². The molecule has 0 bridgehead atoms.